The highest BCUT2D eigenvalue weighted by Crippen LogP contribution is 2.28. The van der Waals surface area contributed by atoms with Crippen molar-refractivity contribution < 1.29 is 4.79 Å². The summed E-state index contributed by atoms with van der Waals surface area (Å²) in [5.41, 5.74) is 7.07. The number of carbonyl (C=O) groups is 1. The summed E-state index contributed by atoms with van der Waals surface area (Å²) in [6, 6.07) is 2.83. The minimum absolute atomic E-state index is 0.242. The van der Waals surface area contributed by atoms with E-state index in [1.54, 1.807) is 12.1 Å². The van der Waals surface area contributed by atoms with E-state index in [1.807, 2.05) is 13.8 Å². The molecule has 1 aromatic rings. The van der Waals surface area contributed by atoms with Gasteiger partial charge < -0.3 is 11.1 Å². The Morgan fingerprint density at radius 3 is 2.65 bits per heavy atom. The molecule has 1 atom stereocenters. The molecule has 0 saturated carbocycles. The van der Waals surface area contributed by atoms with E-state index < -0.39 is 6.04 Å². The molecule has 0 aliphatic carbocycles. The second-order valence-corrected chi connectivity index (χ2v) is 4.78. The fraction of sp³-hybridized carbons (Fsp3) is 0.417. The maximum atomic E-state index is 11.7. The highest BCUT2D eigenvalue weighted by molar-refractivity contribution is 6.36. The summed E-state index contributed by atoms with van der Waals surface area (Å²) in [6.45, 7) is 3.82. The minimum Gasteiger partial charge on any atom is -0.323 e. The van der Waals surface area contributed by atoms with Gasteiger partial charge in [0.25, 0.3) is 0 Å². The Morgan fingerprint density at radius 2 is 2.06 bits per heavy atom. The minimum atomic E-state index is -0.517. The van der Waals surface area contributed by atoms with E-state index in [2.05, 4.69) is 5.32 Å². The molecule has 3 nitrogen and oxygen atoms in total. The fourth-order valence-corrected chi connectivity index (χ4v) is 1.84. The summed E-state index contributed by atoms with van der Waals surface area (Å²) in [4.78, 5) is 11.7. The molecule has 1 rings (SSSR count). The SMILES string of the molecule is CCC[C@@H](N)C(=O)Nc1cc(Cl)c(C)cc1Cl. The van der Waals surface area contributed by atoms with Gasteiger partial charge in [-0.2, -0.15) is 0 Å². The van der Waals surface area contributed by atoms with Gasteiger partial charge in [0.15, 0.2) is 0 Å². The molecule has 94 valence electrons. The van der Waals surface area contributed by atoms with Gasteiger partial charge in [0.2, 0.25) is 5.91 Å². The van der Waals surface area contributed by atoms with Gasteiger partial charge in [0.05, 0.1) is 16.8 Å². The van der Waals surface area contributed by atoms with Crippen LogP contribution in [-0.4, -0.2) is 11.9 Å². The smallest absolute Gasteiger partial charge is 0.241 e. The van der Waals surface area contributed by atoms with Gasteiger partial charge in [-0.25, -0.2) is 0 Å². The van der Waals surface area contributed by atoms with Crippen LogP contribution in [0, 0.1) is 6.92 Å². The van der Waals surface area contributed by atoms with Crippen molar-refractivity contribution in [2.75, 3.05) is 5.32 Å². The monoisotopic (exact) mass is 274 g/mol. The van der Waals surface area contributed by atoms with E-state index >= 15 is 0 Å². The number of carbonyl (C=O) groups excluding carboxylic acids is 1. The number of aryl methyl sites for hydroxylation is 1. The summed E-state index contributed by atoms with van der Waals surface area (Å²) in [5.74, 6) is -0.242. The molecule has 0 saturated heterocycles. The lowest BCUT2D eigenvalue weighted by Crippen LogP contribution is -2.35. The highest BCUT2D eigenvalue weighted by Gasteiger charge is 2.14. The molecule has 0 unspecified atom stereocenters. The van der Waals surface area contributed by atoms with Crippen molar-refractivity contribution in [2.24, 2.45) is 5.73 Å². The lowest BCUT2D eigenvalue weighted by Gasteiger charge is -2.13. The molecule has 0 aliphatic rings. The van der Waals surface area contributed by atoms with Crippen LogP contribution >= 0.6 is 23.2 Å². The number of halogens is 2. The maximum Gasteiger partial charge on any atom is 0.241 e. The van der Waals surface area contributed by atoms with Crippen LogP contribution in [0.1, 0.15) is 25.3 Å². The highest BCUT2D eigenvalue weighted by atomic mass is 35.5. The van der Waals surface area contributed by atoms with E-state index in [9.17, 15) is 4.79 Å². The number of nitrogens with one attached hydrogen (secondary N) is 1. The Labute approximate surface area is 111 Å². The molecular weight excluding hydrogens is 259 g/mol. The summed E-state index contributed by atoms with van der Waals surface area (Å²) in [6.07, 6.45) is 1.50. The van der Waals surface area contributed by atoms with E-state index in [0.717, 1.165) is 12.0 Å². The quantitative estimate of drug-likeness (QED) is 0.885. The van der Waals surface area contributed by atoms with Gasteiger partial charge in [-0.3, -0.25) is 4.79 Å². The van der Waals surface area contributed by atoms with E-state index in [-0.39, 0.29) is 5.91 Å². The van der Waals surface area contributed by atoms with Crippen LogP contribution < -0.4 is 11.1 Å². The van der Waals surface area contributed by atoms with Gasteiger partial charge in [0, 0.05) is 5.02 Å². The third-order valence-electron chi connectivity index (χ3n) is 2.44. The number of anilines is 1. The second kappa shape index (κ2) is 6.24. The number of hydrogen-bond acceptors (Lipinski definition) is 2. The van der Waals surface area contributed by atoms with Crippen LogP contribution in [-0.2, 0) is 4.79 Å². The predicted octanol–water partition coefficient (Wildman–Crippen LogP) is 3.37. The maximum absolute atomic E-state index is 11.7. The molecule has 0 radical (unpaired) electrons. The van der Waals surface area contributed by atoms with Gasteiger partial charge in [-0.1, -0.05) is 36.5 Å². The van der Waals surface area contributed by atoms with Gasteiger partial charge in [-0.05, 0) is 31.0 Å². The first-order valence-electron chi connectivity index (χ1n) is 5.47. The Balaban J connectivity index is 2.81. The van der Waals surface area contributed by atoms with E-state index in [4.69, 9.17) is 28.9 Å². The normalized spacial score (nSPS) is 12.3. The third-order valence-corrected chi connectivity index (χ3v) is 3.16. The molecule has 0 heterocycles. The van der Waals surface area contributed by atoms with Gasteiger partial charge >= 0.3 is 0 Å². The van der Waals surface area contributed by atoms with Crippen molar-refractivity contribution in [3.05, 3.63) is 27.7 Å². The Hall–Kier alpha value is -0.770. The average Bonchev–Trinajstić information content (AvgIpc) is 2.26. The molecule has 0 fully saturated rings. The summed E-state index contributed by atoms with van der Waals surface area (Å²) >= 11 is 12.0. The third kappa shape index (κ3) is 3.87. The zero-order chi connectivity index (χ0) is 13.0. The second-order valence-electron chi connectivity index (χ2n) is 3.97. The van der Waals surface area contributed by atoms with Crippen molar-refractivity contribution in [1.82, 2.24) is 0 Å². The topological polar surface area (TPSA) is 55.1 Å². The van der Waals surface area contributed by atoms with Crippen molar-refractivity contribution >= 4 is 34.8 Å². The molecule has 1 amide bonds. The first kappa shape index (κ1) is 14.3. The average molecular weight is 275 g/mol. The fourth-order valence-electron chi connectivity index (χ4n) is 1.41. The first-order chi connectivity index (χ1) is 7.95. The van der Waals surface area contributed by atoms with Crippen molar-refractivity contribution in [1.29, 1.82) is 0 Å². The molecule has 0 aliphatic heterocycles. The molecule has 3 N–H and O–H groups in total. The van der Waals surface area contributed by atoms with Crippen LogP contribution in [0.5, 0.6) is 0 Å². The van der Waals surface area contributed by atoms with Crippen LogP contribution in [0.2, 0.25) is 10.0 Å². The molecule has 0 spiro atoms. The van der Waals surface area contributed by atoms with Crippen molar-refractivity contribution in [3.8, 4) is 0 Å². The zero-order valence-electron chi connectivity index (χ0n) is 9.89. The molecule has 17 heavy (non-hydrogen) atoms. The van der Waals surface area contributed by atoms with Crippen molar-refractivity contribution in [2.45, 2.75) is 32.7 Å². The lowest BCUT2D eigenvalue weighted by atomic mass is 10.1. The summed E-state index contributed by atoms with van der Waals surface area (Å²) in [7, 11) is 0. The number of amides is 1. The van der Waals surface area contributed by atoms with Gasteiger partial charge in [-0.15, -0.1) is 0 Å². The van der Waals surface area contributed by atoms with Gasteiger partial charge in [0.1, 0.15) is 0 Å². The van der Waals surface area contributed by atoms with Crippen LogP contribution in [0.3, 0.4) is 0 Å². The molecule has 5 heteroatoms. The molecule has 0 bridgehead atoms. The lowest BCUT2D eigenvalue weighted by molar-refractivity contribution is -0.117. The summed E-state index contributed by atoms with van der Waals surface area (Å²) in [5, 5.41) is 3.71. The largest absolute Gasteiger partial charge is 0.323 e. The predicted molar refractivity (Wildman–Crippen MR) is 72.7 cm³/mol. The Bertz CT molecular complexity index is 421. The Kier molecular flexibility index (Phi) is 5.25. The molecule has 1 aromatic carbocycles. The van der Waals surface area contributed by atoms with Crippen LogP contribution in [0.15, 0.2) is 12.1 Å². The Morgan fingerprint density at radius 1 is 1.41 bits per heavy atom. The number of benzene rings is 1. The summed E-state index contributed by atoms with van der Waals surface area (Å²) < 4.78 is 0. The van der Waals surface area contributed by atoms with Crippen LogP contribution in [0.4, 0.5) is 5.69 Å². The standard InChI is InChI=1S/C12H16Cl2N2O/c1-3-4-10(15)12(17)16-11-6-8(13)7(2)5-9(11)14/h5-6,10H,3-4,15H2,1-2H3,(H,16,17)/t10-/m1/s1. The van der Waals surface area contributed by atoms with E-state index in [1.165, 1.54) is 0 Å². The van der Waals surface area contributed by atoms with Crippen LogP contribution in [0.25, 0.3) is 0 Å². The number of hydrogen-bond donors (Lipinski definition) is 2. The molecular formula is C12H16Cl2N2O. The zero-order valence-corrected chi connectivity index (χ0v) is 11.4. The number of rotatable bonds is 4. The van der Waals surface area contributed by atoms with E-state index in [0.29, 0.717) is 22.2 Å². The first-order valence-corrected chi connectivity index (χ1v) is 6.23. The van der Waals surface area contributed by atoms with Crippen molar-refractivity contribution in [3.63, 3.8) is 0 Å². The number of nitrogens with two attached hydrogens (primary N) is 1. The molecule has 0 aromatic heterocycles.